The van der Waals surface area contributed by atoms with Crippen molar-refractivity contribution in [1.29, 1.82) is 0 Å². The summed E-state index contributed by atoms with van der Waals surface area (Å²) in [5.41, 5.74) is 1.98. The Morgan fingerprint density at radius 2 is 2.05 bits per heavy atom. The van der Waals surface area contributed by atoms with Crippen molar-refractivity contribution < 1.29 is 9.53 Å². The van der Waals surface area contributed by atoms with Crippen LogP contribution in [0.2, 0.25) is 0 Å². The largest absolute Gasteiger partial charge is 0.456 e. The molecule has 0 aliphatic carbocycles. The fourth-order valence-electron chi connectivity index (χ4n) is 1.79. The Kier molecular flexibility index (Phi) is 4.45. The molecule has 110 valence electrons. The van der Waals surface area contributed by atoms with Gasteiger partial charge >= 0.3 is 0 Å². The minimum atomic E-state index is -0.289. The van der Waals surface area contributed by atoms with Gasteiger partial charge in [0.1, 0.15) is 17.0 Å². The topological polar surface area (TPSA) is 64.1 Å². The number of ether oxygens (including phenoxy) is 1. The number of hydrogen-bond acceptors (Lipinski definition) is 5. The second-order valence-corrected chi connectivity index (χ2v) is 6.00. The lowest BCUT2D eigenvalue weighted by molar-refractivity contribution is 0.102. The van der Waals surface area contributed by atoms with E-state index in [2.05, 4.69) is 31.4 Å². The van der Waals surface area contributed by atoms with Crippen LogP contribution in [0.5, 0.6) is 11.5 Å². The molecule has 3 rings (SSSR count). The molecule has 3 aromatic rings. The van der Waals surface area contributed by atoms with Crippen molar-refractivity contribution in [2.24, 2.45) is 0 Å². The minimum absolute atomic E-state index is 0.289. The fraction of sp³-hybridized carbons (Fsp3) is 0. The van der Waals surface area contributed by atoms with E-state index >= 15 is 0 Å². The number of hydrogen-bond donors (Lipinski definition) is 1. The molecule has 1 N–H and O–H groups in total. The maximum absolute atomic E-state index is 12.3. The first-order chi connectivity index (χ1) is 10.7. The number of aromatic nitrogens is 2. The zero-order valence-electron chi connectivity index (χ0n) is 11.2. The van der Waals surface area contributed by atoms with E-state index < -0.39 is 0 Å². The van der Waals surface area contributed by atoms with Crippen LogP contribution in [0.15, 0.2) is 58.5 Å². The second kappa shape index (κ2) is 6.67. The Labute approximate surface area is 139 Å². The third kappa shape index (κ3) is 3.49. The molecular weight excluding hydrogens is 366 g/mol. The summed E-state index contributed by atoms with van der Waals surface area (Å²) in [6.45, 7) is 0. The first kappa shape index (κ1) is 14.7. The van der Waals surface area contributed by atoms with Crippen molar-refractivity contribution in [1.82, 2.24) is 10.2 Å². The van der Waals surface area contributed by atoms with Gasteiger partial charge in [-0.3, -0.25) is 10.1 Å². The molecule has 0 aliphatic heterocycles. The van der Waals surface area contributed by atoms with Crippen LogP contribution in [0.25, 0.3) is 0 Å². The quantitative estimate of drug-likeness (QED) is 0.736. The van der Waals surface area contributed by atoms with Crippen LogP contribution in [0.3, 0.4) is 0 Å². The van der Waals surface area contributed by atoms with Gasteiger partial charge < -0.3 is 4.74 Å². The molecule has 7 heteroatoms. The molecule has 1 amide bonds. The predicted molar refractivity (Wildman–Crippen MR) is 88.5 cm³/mol. The number of carbonyl (C=O) groups is 1. The average Bonchev–Trinajstić information content (AvgIpc) is 3.01. The molecule has 1 aromatic heterocycles. The van der Waals surface area contributed by atoms with Gasteiger partial charge in [-0.15, -0.1) is 10.2 Å². The predicted octanol–water partition coefficient (Wildman–Crippen LogP) is 4.35. The molecule has 0 unspecified atom stereocenters. The van der Waals surface area contributed by atoms with E-state index in [1.54, 1.807) is 23.7 Å². The van der Waals surface area contributed by atoms with E-state index in [0.717, 1.165) is 4.47 Å². The highest BCUT2D eigenvalue weighted by Gasteiger charge is 2.14. The number of amides is 1. The van der Waals surface area contributed by atoms with Crippen molar-refractivity contribution in [2.45, 2.75) is 0 Å². The highest BCUT2D eigenvalue weighted by molar-refractivity contribution is 9.10. The summed E-state index contributed by atoms with van der Waals surface area (Å²) in [5, 5.41) is 10.6. The summed E-state index contributed by atoms with van der Waals surface area (Å²) >= 11 is 4.65. The van der Waals surface area contributed by atoms with Crippen molar-refractivity contribution in [3.63, 3.8) is 0 Å². The maximum atomic E-state index is 12.3. The first-order valence-electron chi connectivity index (χ1n) is 6.32. The van der Waals surface area contributed by atoms with Crippen LogP contribution in [0, 0.1) is 0 Å². The first-order valence-corrected chi connectivity index (χ1v) is 7.99. The number of para-hydroxylation sites is 1. The number of halogens is 1. The molecule has 22 heavy (non-hydrogen) atoms. The van der Waals surface area contributed by atoms with Crippen LogP contribution in [-0.2, 0) is 0 Å². The number of carbonyl (C=O) groups excluding carboxylic acids is 1. The standard InChI is InChI=1S/C15H10BrN3O2S/c16-10-4-3-5-11(8-10)21-13-7-2-1-6-12(13)14(20)18-15-19-17-9-22-15/h1-9H,(H,18,19,20). The van der Waals surface area contributed by atoms with E-state index in [1.165, 1.54) is 11.3 Å². The smallest absolute Gasteiger partial charge is 0.261 e. The Balaban J connectivity index is 1.85. The van der Waals surface area contributed by atoms with Gasteiger partial charge in [-0.2, -0.15) is 0 Å². The molecule has 2 aromatic carbocycles. The lowest BCUT2D eigenvalue weighted by atomic mass is 10.2. The van der Waals surface area contributed by atoms with Crippen molar-refractivity contribution in [3.05, 3.63) is 64.1 Å². The van der Waals surface area contributed by atoms with E-state index in [0.29, 0.717) is 22.2 Å². The SMILES string of the molecule is O=C(Nc1nncs1)c1ccccc1Oc1cccc(Br)c1. The van der Waals surface area contributed by atoms with E-state index in [-0.39, 0.29) is 5.91 Å². The van der Waals surface area contributed by atoms with Gasteiger partial charge in [0.25, 0.3) is 5.91 Å². The summed E-state index contributed by atoms with van der Waals surface area (Å²) in [4.78, 5) is 12.3. The maximum Gasteiger partial charge on any atom is 0.261 e. The van der Waals surface area contributed by atoms with Crippen LogP contribution in [0.1, 0.15) is 10.4 Å². The summed E-state index contributed by atoms with van der Waals surface area (Å²) in [5.74, 6) is 0.829. The Hall–Kier alpha value is -2.25. The van der Waals surface area contributed by atoms with Gasteiger partial charge in [-0.25, -0.2) is 0 Å². The average molecular weight is 376 g/mol. The van der Waals surface area contributed by atoms with Gasteiger partial charge in [0, 0.05) is 4.47 Å². The van der Waals surface area contributed by atoms with Crippen molar-refractivity contribution >= 4 is 38.3 Å². The molecule has 0 radical (unpaired) electrons. The van der Waals surface area contributed by atoms with Crippen LogP contribution in [-0.4, -0.2) is 16.1 Å². The second-order valence-electron chi connectivity index (χ2n) is 4.25. The lowest BCUT2D eigenvalue weighted by Gasteiger charge is -2.10. The van der Waals surface area contributed by atoms with Crippen molar-refractivity contribution in [2.75, 3.05) is 5.32 Å². The van der Waals surface area contributed by atoms with Crippen LogP contribution >= 0.6 is 27.3 Å². The Bertz CT molecular complexity index is 793. The number of anilines is 1. The zero-order chi connectivity index (χ0) is 15.4. The molecule has 0 aliphatic rings. The zero-order valence-corrected chi connectivity index (χ0v) is 13.6. The lowest BCUT2D eigenvalue weighted by Crippen LogP contribution is -2.12. The molecule has 0 fully saturated rings. The highest BCUT2D eigenvalue weighted by Crippen LogP contribution is 2.27. The minimum Gasteiger partial charge on any atom is -0.456 e. The molecule has 0 saturated carbocycles. The van der Waals surface area contributed by atoms with E-state index in [1.807, 2.05) is 30.3 Å². The van der Waals surface area contributed by atoms with E-state index in [4.69, 9.17) is 4.74 Å². The van der Waals surface area contributed by atoms with Gasteiger partial charge in [-0.05, 0) is 30.3 Å². The highest BCUT2D eigenvalue weighted by atomic mass is 79.9. The number of nitrogens with zero attached hydrogens (tertiary/aromatic N) is 2. The summed E-state index contributed by atoms with van der Waals surface area (Å²) in [6.07, 6.45) is 0. The van der Waals surface area contributed by atoms with Gasteiger partial charge in [0.05, 0.1) is 5.56 Å². The molecule has 0 spiro atoms. The molecule has 0 atom stereocenters. The van der Waals surface area contributed by atoms with Gasteiger partial charge in [0.15, 0.2) is 0 Å². The summed E-state index contributed by atoms with van der Waals surface area (Å²) < 4.78 is 6.71. The summed E-state index contributed by atoms with van der Waals surface area (Å²) in [7, 11) is 0. The third-order valence-corrected chi connectivity index (χ3v) is 3.84. The Morgan fingerprint density at radius 3 is 2.82 bits per heavy atom. The van der Waals surface area contributed by atoms with E-state index in [9.17, 15) is 4.79 Å². The Morgan fingerprint density at radius 1 is 1.18 bits per heavy atom. The number of nitrogens with one attached hydrogen (secondary N) is 1. The normalized spacial score (nSPS) is 10.2. The number of rotatable bonds is 4. The molecule has 0 saturated heterocycles. The van der Waals surface area contributed by atoms with Crippen molar-refractivity contribution in [3.8, 4) is 11.5 Å². The van der Waals surface area contributed by atoms with Crippen LogP contribution in [0.4, 0.5) is 5.13 Å². The molecule has 5 nitrogen and oxygen atoms in total. The van der Waals surface area contributed by atoms with Gasteiger partial charge in [0.2, 0.25) is 5.13 Å². The third-order valence-electron chi connectivity index (χ3n) is 2.74. The van der Waals surface area contributed by atoms with Crippen LogP contribution < -0.4 is 10.1 Å². The molecule has 0 bridgehead atoms. The molecular formula is C15H10BrN3O2S. The van der Waals surface area contributed by atoms with Gasteiger partial charge in [-0.1, -0.05) is 45.5 Å². The fourth-order valence-corrected chi connectivity index (χ4v) is 2.61. The number of benzene rings is 2. The monoisotopic (exact) mass is 375 g/mol. The summed E-state index contributed by atoms with van der Waals surface area (Å²) in [6, 6.07) is 14.5. The molecule has 1 heterocycles.